The van der Waals surface area contributed by atoms with Gasteiger partial charge in [-0.1, -0.05) is 6.07 Å². The van der Waals surface area contributed by atoms with E-state index in [0.29, 0.717) is 28.6 Å². The molecule has 0 fully saturated rings. The van der Waals surface area contributed by atoms with Gasteiger partial charge in [-0.3, -0.25) is 9.55 Å². The lowest BCUT2D eigenvalue weighted by molar-refractivity contribution is 0.391. The highest BCUT2D eigenvalue weighted by Crippen LogP contribution is 2.37. The third-order valence-electron chi connectivity index (χ3n) is 5.39. The fraction of sp³-hybridized carbons (Fsp3) is 0.217. The van der Waals surface area contributed by atoms with Crippen molar-refractivity contribution in [1.82, 2.24) is 34.7 Å². The van der Waals surface area contributed by atoms with Crippen LogP contribution in [-0.2, 0) is 10.0 Å². The number of para-hydroxylation sites is 1. The van der Waals surface area contributed by atoms with Crippen LogP contribution in [0.4, 0.5) is 10.3 Å². The molecule has 4 rings (SSSR count). The Bertz CT molecular complexity index is 1560. The quantitative estimate of drug-likeness (QED) is 0.363. The van der Waals surface area contributed by atoms with E-state index in [0.717, 1.165) is 12.4 Å². The first kappa shape index (κ1) is 25.6. The number of aromatic nitrogens is 7. The number of rotatable bonds is 8. The maximum atomic E-state index is 13.4. The molecule has 0 bridgehead atoms. The third-order valence-corrected chi connectivity index (χ3v) is 6.95. The first-order valence-electron chi connectivity index (χ1n) is 10.8. The van der Waals surface area contributed by atoms with Gasteiger partial charge >= 0.3 is 0 Å². The molecule has 0 atom stereocenters. The van der Waals surface area contributed by atoms with Crippen molar-refractivity contribution in [2.45, 2.75) is 20.8 Å². The first-order chi connectivity index (χ1) is 17.7. The van der Waals surface area contributed by atoms with E-state index in [1.165, 1.54) is 38.8 Å². The van der Waals surface area contributed by atoms with Crippen molar-refractivity contribution in [1.29, 1.82) is 0 Å². The predicted octanol–water partition coefficient (Wildman–Crippen LogP) is 3.17. The number of hydrogen-bond acceptors (Lipinski definition) is 10. The minimum Gasteiger partial charge on any atom is -0.494 e. The molecule has 0 radical (unpaired) electrons. The summed E-state index contributed by atoms with van der Waals surface area (Å²) in [6.07, 6.45) is 4.97. The summed E-state index contributed by atoms with van der Waals surface area (Å²) in [5.74, 6) is 0.188. The molecule has 3 aromatic heterocycles. The highest BCUT2D eigenvalue weighted by atomic mass is 32.2. The number of ether oxygens (including phenoxy) is 2. The van der Waals surface area contributed by atoms with E-state index in [1.807, 2.05) is 0 Å². The third kappa shape index (κ3) is 5.09. The summed E-state index contributed by atoms with van der Waals surface area (Å²) in [6, 6.07) is 5.09. The molecule has 12 nitrogen and oxygen atoms in total. The Labute approximate surface area is 212 Å². The number of methoxy groups -OCH3 is 2. The lowest BCUT2D eigenvalue weighted by Gasteiger charge is -2.18. The number of anilines is 1. The average molecular weight is 527 g/mol. The lowest BCUT2D eigenvalue weighted by Crippen LogP contribution is -2.18. The van der Waals surface area contributed by atoms with Crippen molar-refractivity contribution in [3.05, 3.63) is 65.2 Å². The van der Waals surface area contributed by atoms with Gasteiger partial charge in [-0.15, -0.1) is 10.2 Å². The Balaban J connectivity index is 1.90. The number of halogens is 1. The number of benzene rings is 1. The van der Waals surface area contributed by atoms with Crippen LogP contribution in [0.25, 0.3) is 22.8 Å². The summed E-state index contributed by atoms with van der Waals surface area (Å²) in [4.78, 5) is 16.3. The van der Waals surface area contributed by atoms with Crippen LogP contribution in [0.1, 0.15) is 25.4 Å². The van der Waals surface area contributed by atoms with Gasteiger partial charge in [0.2, 0.25) is 5.95 Å². The Kier molecular flexibility index (Phi) is 7.11. The summed E-state index contributed by atoms with van der Waals surface area (Å²) in [7, 11) is -1.26. The van der Waals surface area contributed by atoms with Gasteiger partial charge in [0.1, 0.15) is 22.9 Å². The van der Waals surface area contributed by atoms with Crippen LogP contribution in [0.2, 0.25) is 0 Å². The van der Waals surface area contributed by atoms with E-state index >= 15 is 0 Å². The van der Waals surface area contributed by atoms with Crippen LogP contribution < -0.4 is 14.2 Å². The maximum absolute atomic E-state index is 13.4. The van der Waals surface area contributed by atoms with Crippen molar-refractivity contribution in [3.63, 3.8) is 0 Å². The zero-order chi connectivity index (χ0) is 26.7. The van der Waals surface area contributed by atoms with Gasteiger partial charge in [0, 0.05) is 11.8 Å². The molecule has 0 aliphatic heterocycles. The van der Waals surface area contributed by atoms with Gasteiger partial charge in [-0.25, -0.2) is 32.5 Å². The van der Waals surface area contributed by atoms with Crippen molar-refractivity contribution >= 4 is 21.5 Å². The smallest absolute Gasteiger partial charge is 0.260 e. The van der Waals surface area contributed by atoms with E-state index in [9.17, 15) is 12.8 Å². The van der Waals surface area contributed by atoms with E-state index in [2.05, 4.69) is 34.9 Å². The summed E-state index contributed by atoms with van der Waals surface area (Å²) >= 11 is 0. The SMILES string of the molecule is COc1cccc(OC)c1-n1c(NS(=O)(=O)/C(C)=C(\C)c2ncc(F)cn2)nnc1-c1cncc(C)n1. The molecule has 0 amide bonds. The molecule has 14 heteroatoms. The molecular formula is C23H23FN8O4S. The summed E-state index contributed by atoms with van der Waals surface area (Å²) in [5.41, 5.74) is 1.52. The molecule has 0 unspecified atom stereocenters. The fourth-order valence-corrected chi connectivity index (χ4v) is 4.43. The normalized spacial score (nSPS) is 12.2. The van der Waals surface area contributed by atoms with Gasteiger partial charge in [-0.05, 0) is 32.9 Å². The number of nitrogens with one attached hydrogen (secondary N) is 1. The number of allylic oxidation sites excluding steroid dienone is 2. The molecule has 0 aliphatic rings. The topological polar surface area (TPSA) is 147 Å². The Morgan fingerprint density at radius 2 is 1.65 bits per heavy atom. The van der Waals surface area contributed by atoms with Gasteiger partial charge < -0.3 is 9.47 Å². The Morgan fingerprint density at radius 1 is 1.00 bits per heavy atom. The number of nitrogens with zero attached hydrogens (tertiary/aromatic N) is 7. The largest absolute Gasteiger partial charge is 0.494 e. The van der Waals surface area contributed by atoms with Crippen LogP contribution >= 0.6 is 0 Å². The molecule has 0 saturated heterocycles. The molecule has 1 aromatic carbocycles. The second-order valence-electron chi connectivity index (χ2n) is 7.75. The van der Waals surface area contributed by atoms with Gasteiger partial charge in [-0.2, -0.15) is 0 Å². The van der Waals surface area contributed by atoms with Crippen LogP contribution in [0, 0.1) is 12.7 Å². The molecule has 1 N–H and O–H groups in total. The Morgan fingerprint density at radius 3 is 2.24 bits per heavy atom. The Hall–Kier alpha value is -4.46. The maximum Gasteiger partial charge on any atom is 0.260 e. The van der Waals surface area contributed by atoms with E-state index in [-0.39, 0.29) is 28.1 Å². The zero-order valence-electron chi connectivity index (χ0n) is 20.6. The minimum absolute atomic E-state index is 0.0628. The highest BCUT2D eigenvalue weighted by molar-refractivity contribution is 7.96. The van der Waals surface area contributed by atoms with Crippen molar-refractivity contribution < 1.29 is 22.3 Å². The van der Waals surface area contributed by atoms with Crippen molar-refractivity contribution in [2.75, 3.05) is 18.9 Å². The molecule has 0 aliphatic carbocycles. The second kappa shape index (κ2) is 10.3. The number of aryl methyl sites for hydroxylation is 1. The van der Waals surface area contributed by atoms with Gasteiger partial charge in [0.05, 0.1) is 43.4 Å². The summed E-state index contributed by atoms with van der Waals surface area (Å²) in [6.45, 7) is 4.66. The summed E-state index contributed by atoms with van der Waals surface area (Å²) in [5, 5.41) is 8.30. The minimum atomic E-state index is -4.20. The van der Waals surface area contributed by atoms with Crippen molar-refractivity contribution in [3.8, 4) is 28.7 Å². The van der Waals surface area contributed by atoms with Gasteiger partial charge in [0.25, 0.3) is 10.0 Å². The van der Waals surface area contributed by atoms with E-state index in [1.54, 1.807) is 31.3 Å². The average Bonchev–Trinajstić information content (AvgIpc) is 3.29. The van der Waals surface area contributed by atoms with Crippen LogP contribution in [0.5, 0.6) is 11.5 Å². The molecule has 0 spiro atoms. The fourth-order valence-electron chi connectivity index (χ4n) is 3.41. The first-order valence-corrected chi connectivity index (χ1v) is 12.3. The molecular weight excluding hydrogens is 503 g/mol. The molecule has 4 aromatic rings. The predicted molar refractivity (Wildman–Crippen MR) is 133 cm³/mol. The van der Waals surface area contributed by atoms with E-state index < -0.39 is 15.8 Å². The number of hydrogen-bond donors (Lipinski definition) is 1. The molecule has 37 heavy (non-hydrogen) atoms. The molecule has 192 valence electrons. The van der Waals surface area contributed by atoms with Crippen LogP contribution in [0.15, 0.2) is 47.9 Å². The van der Waals surface area contributed by atoms with Gasteiger partial charge in [0.15, 0.2) is 17.5 Å². The van der Waals surface area contributed by atoms with Crippen LogP contribution in [0.3, 0.4) is 0 Å². The van der Waals surface area contributed by atoms with Crippen LogP contribution in [-0.4, -0.2) is 57.3 Å². The second-order valence-corrected chi connectivity index (χ2v) is 9.57. The molecule has 3 heterocycles. The number of sulfonamides is 1. The lowest BCUT2D eigenvalue weighted by atomic mass is 10.2. The van der Waals surface area contributed by atoms with Crippen molar-refractivity contribution in [2.24, 2.45) is 0 Å². The highest BCUT2D eigenvalue weighted by Gasteiger charge is 2.27. The monoisotopic (exact) mass is 526 g/mol. The zero-order valence-corrected chi connectivity index (χ0v) is 21.4. The van der Waals surface area contributed by atoms with E-state index in [4.69, 9.17) is 9.47 Å². The summed E-state index contributed by atoms with van der Waals surface area (Å²) < 4.78 is 55.0. The standard InChI is InChI=1S/C23H23FN8O4S/c1-13-9-25-12-17(28-13)22-29-30-23(32(22)20-18(35-4)7-6-8-19(20)36-5)31-37(33,34)15(3)14(2)21-26-10-16(24)11-27-21/h6-12H,1-5H3,(H,30,31)/b15-14+. The molecule has 0 saturated carbocycles.